The lowest BCUT2D eigenvalue weighted by atomic mass is 10.0. The minimum atomic E-state index is -0.895. The van der Waals surface area contributed by atoms with Crippen LogP contribution in [0.15, 0.2) is 66.9 Å². The Morgan fingerprint density at radius 3 is 2.82 bits per heavy atom. The number of para-hydroxylation sites is 1. The number of nitrogens with zero attached hydrogens (tertiary/aromatic N) is 1. The Morgan fingerprint density at radius 2 is 2.00 bits per heavy atom. The number of carboxylic acids is 1. The summed E-state index contributed by atoms with van der Waals surface area (Å²) in [5, 5.41) is 10.0. The molecule has 1 saturated heterocycles. The smallest absolute Gasteiger partial charge is 0.327 e. The lowest BCUT2D eigenvalue weighted by Gasteiger charge is -2.25. The van der Waals surface area contributed by atoms with Gasteiger partial charge in [-0.25, -0.2) is 4.79 Å². The summed E-state index contributed by atoms with van der Waals surface area (Å²) in [4.78, 5) is 16.6. The number of aromatic amines is 1. The number of aliphatic carboxylic acids is 1. The zero-order valence-electron chi connectivity index (χ0n) is 16.0. The van der Waals surface area contributed by atoms with Crippen LogP contribution >= 0.6 is 0 Å². The van der Waals surface area contributed by atoms with Gasteiger partial charge >= 0.3 is 5.97 Å². The van der Waals surface area contributed by atoms with E-state index < -0.39 is 5.97 Å². The van der Waals surface area contributed by atoms with Crippen LogP contribution in [0.4, 0.5) is 0 Å². The molecule has 0 amide bonds. The number of aromatic nitrogens is 1. The van der Waals surface area contributed by atoms with Crippen LogP contribution < -0.4 is 0 Å². The summed E-state index contributed by atoms with van der Waals surface area (Å²) in [5.41, 5.74) is 5.11. The zero-order valence-corrected chi connectivity index (χ0v) is 16.0. The average molecular weight is 374 g/mol. The zero-order chi connectivity index (χ0) is 19.3. The van der Waals surface area contributed by atoms with Crippen molar-refractivity contribution in [2.45, 2.75) is 31.7 Å². The Bertz CT molecular complexity index is 972. The predicted molar refractivity (Wildman–Crippen MR) is 112 cm³/mol. The lowest BCUT2D eigenvalue weighted by Crippen LogP contribution is -2.25. The SMILES string of the molecule is O=C(O)/C=C/Cc1ccc(C2CCCN2CCc2c[nH]c3ccccc23)cc1. The first-order valence-corrected chi connectivity index (χ1v) is 9.98. The molecule has 2 N–H and O–H groups in total. The fourth-order valence-corrected chi connectivity index (χ4v) is 4.25. The van der Waals surface area contributed by atoms with Crippen LogP contribution in [0.2, 0.25) is 0 Å². The van der Waals surface area contributed by atoms with E-state index in [9.17, 15) is 4.79 Å². The molecule has 1 aliphatic rings. The van der Waals surface area contributed by atoms with Gasteiger partial charge in [0.25, 0.3) is 0 Å². The van der Waals surface area contributed by atoms with Crippen molar-refractivity contribution in [3.63, 3.8) is 0 Å². The van der Waals surface area contributed by atoms with Gasteiger partial charge in [-0.05, 0) is 55.0 Å². The van der Waals surface area contributed by atoms with E-state index in [0.29, 0.717) is 12.5 Å². The number of H-pyrrole nitrogens is 1. The van der Waals surface area contributed by atoms with Crippen molar-refractivity contribution >= 4 is 16.9 Å². The van der Waals surface area contributed by atoms with Gasteiger partial charge in [-0.1, -0.05) is 48.5 Å². The minimum absolute atomic E-state index is 0.480. The van der Waals surface area contributed by atoms with Crippen LogP contribution in [-0.4, -0.2) is 34.0 Å². The summed E-state index contributed by atoms with van der Waals surface area (Å²) < 4.78 is 0. The summed E-state index contributed by atoms with van der Waals surface area (Å²) in [6.07, 6.45) is 9.20. The van der Waals surface area contributed by atoms with Gasteiger partial charge in [0.1, 0.15) is 0 Å². The number of fused-ring (bicyclic) bond motifs is 1. The van der Waals surface area contributed by atoms with Crippen molar-refractivity contribution in [2.24, 2.45) is 0 Å². The van der Waals surface area contributed by atoms with Crippen LogP contribution in [0.25, 0.3) is 10.9 Å². The molecule has 0 spiro atoms. The van der Waals surface area contributed by atoms with Gasteiger partial charge in [0, 0.05) is 35.8 Å². The van der Waals surface area contributed by atoms with E-state index in [1.54, 1.807) is 6.08 Å². The van der Waals surface area contributed by atoms with E-state index in [0.717, 1.165) is 25.1 Å². The van der Waals surface area contributed by atoms with Crippen LogP contribution in [0.5, 0.6) is 0 Å². The Kier molecular flexibility index (Phi) is 5.58. The molecule has 0 bridgehead atoms. The number of allylic oxidation sites excluding steroid dienone is 1. The van der Waals surface area contributed by atoms with Crippen molar-refractivity contribution < 1.29 is 9.90 Å². The molecular formula is C24H26N2O2. The van der Waals surface area contributed by atoms with Gasteiger partial charge in [-0.2, -0.15) is 0 Å². The van der Waals surface area contributed by atoms with Crippen LogP contribution in [-0.2, 0) is 17.6 Å². The number of hydrogen-bond acceptors (Lipinski definition) is 2. The fourth-order valence-electron chi connectivity index (χ4n) is 4.25. The van der Waals surface area contributed by atoms with Crippen molar-refractivity contribution in [3.05, 3.63) is 83.6 Å². The molecule has 1 aromatic heterocycles. The molecule has 28 heavy (non-hydrogen) atoms. The number of nitrogens with one attached hydrogen (secondary N) is 1. The first kappa shape index (κ1) is 18.5. The van der Waals surface area contributed by atoms with Crippen LogP contribution in [0.3, 0.4) is 0 Å². The first-order valence-electron chi connectivity index (χ1n) is 9.98. The average Bonchev–Trinajstić information content (AvgIpc) is 3.33. The van der Waals surface area contributed by atoms with Crippen molar-refractivity contribution in [1.82, 2.24) is 9.88 Å². The van der Waals surface area contributed by atoms with Gasteiger partial charge in [-0.15, -0.1) is 0 Å². The van der Waals surface area contributed by atoms with E-state index >= 15 is 0 Å². The maximum Gasteiger partial charge on any atom is 0.327 e. The number of hydrogen-bond donors (Lipinski definition) is 2. The number of likely N-dealkylation sites (tertiary alicyclic amines) is 1. The molecule has 1 aliphatic heterocycles. The molecule has 0 radical (unpaired) electrons. The maximum absolute atomic E-state index is 10.6. The van der Waals surface area contributed by atoms with E-state index in [2.05, 4.69) is 64.6 Å². The maximum atomic E-state index is 10.6. The number of rotatable bonds is 7. The number of carbonyl (C=O) groups is 1. The third-order valence-corrected chi connectivity index (χ3v) is 5.69. The summed E-state index contributed by atoms with van der Waals surface area (Å²) in [5.74, 6) is -0.895. The van der Waals surface area contributed by atoms with Crippen molar-refractivity contribution in [3.8, 4) is 0 Å². The highest BCUT2D eigenvalue weighted by molar-refractivity contribution is 5.83. The quantitative estimate of drug-likeness (QED) is 0.588. The molecule has 0 saturated carbocycles. The Hall–Kier alpha value is -2.85. The highest BCUT2D eigenvalue weighted by atomic mass is 16.4. The predicted octanol–water partition coefficient (Wildman–Crippen LogP) is 4.73. The second-order valence-corrected chi connectivity index (χ2v) is 7.49. The Morgan fingerprint density at radius 1 is 1.18 bits per heavy atom. The first-order chi connectivity index (χ1) is 13.7. The molecule has 144 valence electrons. The van der Waals surface area contributed by atoms with Crippen LogP contribution in [0, 0.1) is 0 Å². The second kappa shape index (κ2) is 8.44. The molecule has 4 nitrogen and oxygen atoms in total. The largest absolute Gasteiger partial charge is 0.478 e. The standard InChI is InChI=1S/C24H26N2O2/c27-24(28)9-3-5-18-10-12-19(13-11-18)23-8-4-15-26(23)16-14-20-17-25-22-7-2-1-6-21(20)22/h1-3,6-7,9-13,17,23,25H,4-5,8,14-16H2,(H,27,28)/b9-3+. The van der Waals surface area contributed by atoms with E-state index in [4.69, 9.17) is 5.11 Å². The van der Waals surface area contributed by atoms with Crippen molar-refractivity contribution in [2.75, 3.05) is 13.1 Å². The topological polar surface area (TPSA) is 56.3 Å². The fraction of sp³-hybridized carbons (Fsp3) is 0.292. The molecule has 1 fully saturated rings. The molecule has 1 atom stereocenters. The molecule has 0 aliphatic carbocycles. The minimum Gasteiger partial charge on any atom is -0.478 e. The van der Waals surface area contributed by atoms with Gasteiger partial charge < -0.3 is 10.1 Å². The Labute approximate surface area is 165 Å². The van der Waals surface area contributed by atoms with E-state index in [1.807, 2.05) is 0 Å². The monoisotopic (exact) mass is 374 g/mol. The summed E-state index contributed by atoms with van der Waals surface area (Å²) in [7, 11) is 0. The summed E-state index contributed by atoms with van der Waals surface area (Å²) in [6.45, 7) is 2.21. The third-order valence-electron chi connectivity index (χ3n) is 5.69. The highest BCUT2D eigenvalue weighted by Gasteiger charge is 2.25. The van der Waals surface area contributed by atoms with E-state index in [1.165, 1.54) is 40.9 Å². The summed E-state index contributed by atoms with van der Waals surface area (Å²) in [6, 6.07) is 17.6. The normalized spacial score (nSPS) is 17.6. The molecule has 2 aromatic carbocycles. The van der Waals surface area contributed by atoms with Gasteiger partial charge in [-0.3, -0.25) is 4.90 Å². The second-order valence-electron chi connectivity index (χ2n) is 7.49. The van der Waals surface area contributed by atoms with Gasteiger partial charge in [0.2, 0.25) is 0 Å². The molecule has 4 rings (SSSR count). The van der Waals surface area contributed by atoms with E-state index in [-0.39, 0.29) is 0 Å². The third kappa shape index (κ3) is 4.18. The van der Waals surface area contributed by atoms with Gasteiger partial charge in [0.05, 0.1) is 0 Å². The van der Waals surface area contributed by atoms with Gasteiger partial charge in [0.15, 0.2) is 0 Å². The molecule has 4 heteroatoms. The molecular weight excluding hydrogens is 348 g/mol. The highest BCUT2D eigenvalue weighted by Crippen LogP contribution is 2.32. The van der Waals surface area contributed by atoms with Crippen LogP contribution in [0.1, 0.15) is 35.6 Å². The Balaban J connectivity index is 1.40. The lowest BCUT2D eigenvalue weighted by molar-refractivity contribution is -0.131. The molecule has 1 unspecified atom stereocenters. The number of benzene rings is 2. The van der Waals surface area contributed by atoms with Crippen molar-refractivity contribution in [1.29, 1.82) is 0 Å². The molecule has 3 aromatic rings. The number of carboxylic acid groups (broad SMARTS) is 1. The molecule has 2 heterocycles. The summed E-state index contributed by atoms with van der Waals surface area (Å²) >= 11 is 0.